The molecule has 0 aliphatic carbocycles. The topological polar surface area (TPSA) is 69.7 Å². The number of nitrogens with one attached hydrogen (secondary N) is 1. The van der Waals surface area contributed by atoms with Crippen molar-refractivity contribution in [3.05, 3.63) is 35.9 Å². The molecule has 2 aliphatic heterocycles. The number of carbonyl (C=O) groups excluding carboxylic acids is 3. The second-order valence-corrected chi connectivity index (χ2v) is 8.16. The van der Waals surface area contributed by atoms with Crippen LogP contribution in [0.5, 0.6) is 0 Å². The van der Waals surface area contributed by atoms with E-state index in [9.17, 15) is 14.4 Å². The number of carbonyl (C=O) groups is 3. The lowest BCUT2D eigenvalue weighted by Crippen LogP contribution is -2.49. The first-order valence-corrected chi connectivity index (χ1v) is 10.6. The van der Waals surface area contributed by atoms with Gasteiger partial charge in [-0.25, -0.2) is 0 Å². The summed E-state index contributed by atoms with van der Waals surface area (Å²) in [5.41, 5.74) is 1.38. The molecule has 1 atom stereocenters. The summed E-state index contributed by atoms with van der Waals surface area (Å²) in [6.07, 6.45) is 3.30. The SMILES string of the molecule is C[C@H](C(=O)NCCN1C(=O)CSC1=O)N1CCC(Cc2ccccc2)CC1. The van der Waals surface area contributed by atoms with Gasteiger partial charge >= 0.3 is 0 Å². The maximum absolute atomic E-state index is 12.4. The van der Waals surface area contributed by atoms with Crippen LogP contribution in [0, 0.1) is 5.92 Å². The number of nitrogens with zero attached hydrogens (tertiary/aromatic N) is 2. The molecule has 7 heteroatoms. The Morgan fingerprint density at radius 3 is 2.56 bits per heavy atom. The molecular formula is C20H27N3O3S. The number of thioether (sulfide) groups is 1. The van der Waals surface area contributed by atoms with Crippen molar-refractivity contribution in [3.8, 4) is 0 Å². The van der Waals surface area contributed by atoms with Crippen LogP contribution in [0.3, 0.4) is 0 Å². The molecule has 0 saturated carbocycles. The smallest absolute Gasteiger partial charge is 0.288 e. The Morgan fingerprint density at radius 2 is 1.93 bits per heavy atom. The first kappa shape index (κ1) is 19.9. The van der Waals surface area contributed by atoms with Crippen molar-refractivity contribution in [1.29, 1.82) is 0 Å². The van der Waals surface area contributed by atoms with Crippen LogP contribution in [0.2, 0.25) is 0 Å². The third-order valence-corrected chi connectivity index (χ3v) is 6.28. The van der Waals surface area contributed by atoms with Gasteiger partial charge < -0.3 is 5.32 Å². The lowest BCUT2D eigenvalue weighted by molar-refractivity contribution is -0.128. The third kappa shape index (κ3) is 5.32. The van der Waals surface area contributed by atoms with Crippen LogP contribution in [0.25, 0.3) is 0 Å². The first-order chi connectivity index (χ1) is 13.0. The van der Waals surface area contributed by atoms with Crippen molar-refractivity contribution in [1.82, 2.24) is 15.1 Å². The summed E-state index contributed by atoms with van der Waals surface area (Å²) < 4.78 is 0. The molecule has 2 aliphatic rings. The van der Waals surface area contributed by atoms with E-state index in [2.05, 4.69) is 34.5 Å². The van der Waals surface area contributed by atoms with E-state index in [0.29, 0.717) is 12.5 Å². The van der Waals surface area contributed by atoms with Crippen LogP contribution in [0.1, 0.15) is 25.3 Å². The molecule has 0 radical (unpaired) electrons. The van der Waals surface area contributed by atoms with Gasteiger partial charge in [-0.05, 0) is 50.8 Å². The van der Waals surface area contributed by atoms with Crippen LogP contribution in [0.4, 0.5) is 4.79 Å². The molecule has 0 spiro atoms. The molecule has 3 amide bonds. The van der Waals surface area contributed by atoms with Crippen molar-refractivity contribution < 1.29 is 14.4 Å². The third-order valence-electron chi connectivity index (χ3n) is 5.42. The van der Waals surface area contributed by atoms with Crippen LogP contribution in [-0.4, -0.2) is 64.8 Å². The van der Waals surface area contributed by atoms with Gasteiger partial charge in [0.2, 0.25) is 11.8 Å². The largest absolute Gasteiger partial charge is 0.353 e. The summed E-state index contributed by atoms with van der Waals surface area (Å²) in [5.74, 6) is 0.667. The average molecular weight is 390 g/mol. The van der Waals surface area contributed by atoms with Gasteiger partial charge in [-0.2, -0.15) is 0 Å². The van der Waals surface area contributed by atoms with Gasteiger partial charge in [0.15, 0.2) is 0 Å². The van der Waals surface area contributed by atoms with E-state index in [1.165, 1.54) is 10.5 Å². The fourth-order valence-electron chi connectivity index (χ4n) is 3.69. The van der Waals surface area contributed by atoms with E-state index in [1.807, 2.05) is 13.0 Å². The molecule has 1 aromatic rings. The van der Waals surface area contributed by atoms with Crippen molar-refractivity contribution in [2.75, 3.05) is 31.9 Å². The lowest BCUT2D eigenvalue weighted by Gasteiger charge is -2.35. The van der Waals surface area contributed by atoms with Gasteiger partial charge in [0.25, 0.3) is 5.24 Å². The highest BCUT2D eigenvalue weighted by atomic mass is 32.2. The monoisotopic (exact) mass is 389 g/mol. The fraction of sp³-hybridized carbons (Fsp3) is 0.550. The molecule has 0 bridgehead atoms. The van der Waals surface area contributed by atoms with E-state index in [1.54, 1.807) is 0 Å². The predicted octanol–water partition coefficient (Wildman–Crippen LogP) is 2.14. The summed E-state index contributed by atoms with van der Waals surface area (Å²) in [5, 5.41) is 2.64. The molecule has 0 aromatic heterocycles. The van der Waals surface area contributed by atoms with Crippen molar-refractivity contribution in [3.63, 3.8) is 0 Å². The quantitative estimate of drug-likeness (QED) is 0.774. The van der Waals surface area contributed by atoms with E-state index < -0.39 is 0 Å². The molecule has 2 fully saturated rings. The van der Waals surface area contributed by atoms with Crippen LogP contribution >= 0.6 is 11.8 Å². The number of imide groups is 1. The normalized spacial score (nSPS) is 20.1. The Kier molecular flexibility index (Phi) is 6.90. The Bertz CT molecular complexity index is 658. The van der Waals surface area contributed by atoms with Gasteiger partial charge in [0.05, 0.1) is 11.8 Å². The maximum Gasteiger partial charge on any atom is 0.288 e. The lowest BCUT2D eigenvalue weighted by atomic mass is 9.89. The minimum atomic E-state index is -0.220. The molecule has 146 valence electrons. The fourth-order valence-corrected chi connectivity index (χ4v) is 4.45. The molecule has 1 N–H and O–H groups in total. The molecule has 2 saturated heterocycles. The highest BCUT2D eigenvalue weighted by Gasteiger charge is 2.30. The summed E-state index contributed by atoms with van der Waals surface area (Å²) in [7, 11) is 0. The van der Waals surface area contributed by atoms with Crippen molar-refractivity contribution in [2.45, 2.75) is 32.2 Å². The Balaban J connectivity index is 1.38. The molecule has 2 heterocycles. The molecular weight excluding hydrogens is 362 g/mol. The minimum Gasteiger partial charge on any atom is -0.353 e. The first-order valence-electron chi connectivity index (χ1n) is 9.57. The van der Waals surface area contributed by atoms with E-state index in [0.717, 1.165) is 44.1 Å². The summed E-state index contributed by atoms with van der Waals surface area (Å²) in [6, 6.07) is 10.4. The van der Waals surface area contributed by atoms with Gasteiger partial charge in [-0.15, -0.1) is 0 Å². The number of likely N-dealkylation sites (tertiary alicyclic amines) is 1. The number of hydrogen-bond donors (Lipinski definition) is 1. The van der Waals surface area contributed by atoms with Gasteiger partial charge in [-0.3, -0.25) is 24.2 Å². The highest BCUT2D eigenvalue weighted by molar-refractivity contribution is 8.14. The zero-order valence-corrected chi connectivity index (χ0v) is 16.5. The second-order valence-electron chi connectivity index (χ2n) is 7.24. The number of hydrogen-bond acceptors (Lipinski definition) is 5. The number of benzene rings is 1. The Labute approximate surface area is 164 Å². The van der Waals surface area contributed by atoms with E-state index in [-0.39, 0.29) is 35.4 Å². The van der Waals surface area contributed by atoms with Gasteiger partial charge in [0.1, 0.15) is 0 Å². The molecule has 0 unspecified atom stereocenters. The number of piperidine rings is 1. The van der Waals surface area contributed by atoms with E-state index >= 15 is 0 Å². The van der Waals surface area contributed by atoms with Crippen molar-refractivity contribution >= 4 is 28.8 Å². The maximum atomic E-state index is 12.4. The zero-order valence-electron chi connectivity index (χ0n) is 15.7. The second kappa shape index (κ2) is 9.37. The van der Waals surface area contributed by atoms with Gasteiger partial charge in [0, 0.05) is 13.1 Å². The summed E-state index contributed by atoms with van der Waals surface area (Å²) in [4.78, 5) is 39.0. The highest BCUT2D eigenvalue weighted by Crippen LogP contribution is 2.23. The van der Waals surface area contributed by atoms with Crippen LogP contribution in [0.15, 0.2) is 30.3 Å². The summed E-state index contributed by atoms with van der Waals surface area (Å²) in [6.45, 7) is 4.33. The number of amides is 3. The number of rotatable bonds is 7. The van der Waals surface area contributed by atoms with Crippen molar-refractivity contribution in [2.24, 2.45) is 5.92 Å². The van der Waals surface area contributed by atoms with Gasteiger partial charge in [-0.1, -0.05) is 42.1 Å². The summed E-state index contributed by atoms with van der Waals surface area (Å²) >= 11 is 1.02. The predicted molar refractivity (Wildman–Crippen MR) is 106 cm³/mol. The standard InChI is InChI=1S/C20H27N3O3S/c1-15(19(25)21-9-12-23-18(24)14-27-20(23)26)22-10-7-17(8-11-22)13-16-5-3-2-4-6-16/h2-6,15,17H,7-14H2,1H3,(H,21,25)/t15-/m1/s1. The van der Waals surface area contributed by atoms with Crippen LogP contribution in [-0.2, 0) is 16.0 Å². The Morgan fingerprint density at radius 1 is 1.22 bits per heavy atom. The minimum absolute atomic E-state index is 0.0387. The zero-order chi connectivity index (χ0) is 19.2. The Hall–Kier alpha value is -1.86. The van der Waals surface area contributed by atoms with Crippen LogP contribution < -0.4 is 5.32 Å². The van der Waals surface area contributed by atoms with E-state index in [4.69, 9.17) is 0 Å². The molecule has 27 heavy (non-hydrogen) atoms. The molecule has 1 aromatic carbocycles. The molecule has 3 rings (SSSR count). The molecule has 6 nitrogen and oxygen atoms in total. The average Bonchev–Trinajstić information content (AvgIpc) is 3.01.